The van der Waals surface area contributed by atoms with Gasteiger partial charge in [0.2, 0.25) is 0 Å². The van der Waals surface area contributed by atoms with Crippen molar-refractivity contribution in [2.45, 2.75) is 26.4 Å². The van der Waals surface area contributed by atoms with Gasteiger partial charge in [0.05, 0.1) is 17.3 Å². The molecule has 0 aliphatic carbocycles. The van der Waals surface area contributed by atoms with Gasteiger partial charge in [0.15, 0.2) is 0 Å². The van der Waals surface area contributed by atoms with E-state index >= 15 is 0 Å². The number of carbonyl (C=O) groups is 2. The number of hydrogen-bond acceptors (Lipinski definition) is 6. The number of rotatable bonds is 5. The molecule has 0 spiro atoms. The Labute approximate surface area is 132 Å². The highest BCUT2D eigenvalue weighted by molar-refractivity contribution is 8.26. The molecule has 1 unspecified atom stereocenters. The van der Waals surface area contributed by atoms with Gasteiger partial charge >= 0.3 is 5.97 Å². The van der Waals surface area contributed by atoms with Crippen LogP contribution in [0.4, 0.5) is 0 Å². The van der Waals surface area contributed by atoms with Crippen LogP contribution in [0.5, 0.6) is 0 Å². The van der Waals surface area contributed by atoms with Gasteiger partial charge in [0.1, 0.15) is 16.6 Å². The van der Waals surface area contributed by atoms with Gasteiger partial charge in [-0.3, -0.25) is 14.5 Å². The molecule has 0 aromatic carbocycles. The van der Waals surface area contributed by atoms with Crippen molar-refractivity contribution in [3.05, 3.63) is 29.1 Å². The summed E-state index contributed by atoms with van der Waals surface area (Å²) in [6.07, 6.45) is 3.69. The number of furan rings is 1. The molecule has 7 heteroatoms. The lowest BCUT2D eigenvalue weighted by Gasteiger charge is -2.16. The van der Waals surface area contributed by atoms with Crippen molar-refractivity contribution in [3.8, 4) is 0 Å². The van der Waals surface area contributed by atoms with Gasteiger partial charge in [-0.05, 0) is 25.5 Å². The summed E-state index contributed by atoms with van der Waals surface area (Å²) in [7, 11) is 0. The van der Waals surface area contributed by atoms with E-state index in [2.05, 4.69) is 0 Å². The Morgan fingerprint density at radius 3 is 3.00 bits per heavy atom. The number of amides is 1. The maximum Gasteiger partial charge on any atom is 0.326 e. The largest absolute Gasteiger partial charge is 0.465 e. The molecule has 1 aromatic rings. The average molecular weight is 325 g/mol. The first-order valence-electron chi connectivity index (χ1n) is 6.49. The van der Waals surface area contributed by atoms with Crippen LogP contribution in [0.3, 0.4) is 0 Å². The van der Waals surface area contributed by atoms with E-state index in [1.165, 1.54) is 11.2 Å². The summed E-state index contributed by atoms with van der Waals surface area (Å²) in [5, 5.41) is 0. The fraction of sp³-hybridized carbons (Fsp3) is 0.357. The van der Waals surface area contributed by atoms with Crippen LogP contribution in [0.15, 0.2) is 27.7 Å². The number of carbonyl (C=O) groups excluding carboxylic acids is 2. The van der Waals surface area contributed by atoms with E-state index in [0.717, 1.165) is 18.2 Å². The van der Waals surface area contributed by atoms with Gasteiger partial charge in [0.25, 0.3) is 5.91 Å². The maximum absolute atomic E-state index is 12.2. The predicted molar refractivity (Wildman–Crippen MR) is 84.4 cm³/mol. The molecule has 1 aliphatic heterocycles. The molecule has 5 nitrogen and oxygen atoms in total. The van der Waals surface area contributed by atoms with Crippen LogP contribution >= 0.6 is 24.0 Å². The van der Waals surface area contributed by atoms with Gasteiger partial charge in [-0.1, -0.05) is 30.9 Å². The van der Waals surface area contributed by atoms with Crippen LogP contribution in [0.1, 0.15) is 26.0 Å². The van der Waals surface area contributed by atoms with E-state index in [4.69, 9.17) is 21.4 Å². The zero-order valence-electron chi connectivity index (χ0n) is 11.7. The number of esters is 1. The minimum absolute atomic E-state index is 0.162. The smallest absolute Gasteiger partial charge is 0.326 e. The van der Waals surface area contributed by atoms with Crippen LogP contribution in [-0.2, 0) is 14.3 Å². The Morgan fingerprint density at radius 2 is 2.38 bits per heavy atom. The van der Waals surface area contributed by atoms with E-state index in [1.807, 2.05) is 6.92 Å². The first-order valence-corrected chi connectivity index (χ1v) is 7.72. The van der Waals surface area contributed by atoms with Crippen LogP contribution in [-0.4, -0.2) is 33.7 Å². The molecule has 1 aromatic heterocycles. The molecule has 0 radical (unpaired) electrons. The second kappa shape index (κ2) is 6.91. The SMILES string of the molecule is CCC(C)OC(=O)CN1C(=O)C(=Cc2ccco2)SC1=S. The molecule has 2 rings (SSSR count). The summed E-state index contributed by atoms with van der Waals surface area (Å²) in [6, 6.07) is 3.47. The Hall–Kier alpha value is -1.60. The van der Waals surface area contributed by atoms with Crippen molar-refractivity contribution in [1.29, 1.82) is 0 Å². The summed E-state index contributed by atoms with van der Waals surface area (Å²) in [5.74, 6) is -0.194. The Balaban J connectivity index is 2.03. The molecule has 1 amide bonds. The predicted octanol–water partition coefficient (Wildman–Crippen LogP) is 2.82. The molecule has 1 saturated heterocycles. The van der Waals surface area contributed by atoms with E-state index < -0.39 is 5.97 Å². The standard InChI is InChI=1S/C14H15NO4S2/c1-3-9(2)19-12(16)8-15-13(17)11(21-14(15)20)7-10-5-4-6-18-10/h4-7,9H,3,8H2,1-2H3. The molecule has 0 N–H and O–H groups in total. The summed E-state index contributed by atoms with van der Waals surface area (Å²) < 4.78 is 10.7. The Morgan fingerprint density at radius 1 is 1.62 bits per heavy atom. The molecule has 112 valence electrons. The first kappa shape index (κ1) is 15.8. The van der Waals surface area contributed by atoms with Crippen LogP contribution in [0, 0.1) is 0 Å². The van der Waals surface area contributed by atoms with Crippen molar-refractivity contribution >= 4 is 46.3 Å². The molecular formula is C14H15NO4S2. The van der Waals surface area contributed by atoms with Crippen molar-refractivity contribution in [2.24, 2.45) is 0 Å². The quantitative estimate of drug-likeness (QED) is 0.471. The van der Waals surface area contributed by atoms with Crippen molar-refractivity contribution in [2.75, 3.05) is 6.54 Å². The number of nitrogens with zero attached hydrogens (tertiary/aromatic N) is 1. The van der Waals surface area contributed by atoms with Gasteiger partial charge in [-0.25, -0.2) is 0 Å². The normalized spacial score (nSPS) is 18.4. The minimum Gasteiger partial charge on any atom is -0.465 e. The Bertz CT molecular complexity index is 580. The maximum atomic E-state index is 12.2. The molecule has 1 aliphatic rings. The number of hydrogen-bond donors (Lipinski definition) is 0. The highest BCUT2D eigenvalue weighted by atomic mass is 32.2. The lowest BCUT2D eigenvalue weighted by molar-refractivity contribution is -0.150. The number of thiocarbonyl (C=S) groups is 1. The molecule has 1 atom stereocenters. The molecule has 21 heavy (non-hydrogen) atoms. The van der Waals surface area contributed by atoms with E-state index in [9.17, 15) is 9.59 Å². The molecule has 0 saturated carbocycles. The zero-order chi connectivity index (χ0) is 15.4. The Kier molecular flexibility index (Phi) is 5.19. The second-order valence-corrected chi connectivity index (χ2v) is 6.17. The van der Waals surface area contributed by atoms with Gasteiger partial charge in [0, 0.05) is 6.08 Å². The number of ether oxygens (including phenoxy) is 1. The third kappa shape index (κ3) is 3.95. The van der Waals surface area contributed by atoms with E-state index in [-0.39, 0.29) is 18.6 Å². The summed E-state index contributed by atoms with van der Waals surface area (Å²) in [6.45, 7) is 3.56. The summed E-state index contributed by atoms with van der Waals surface area (Å²) in [4.78, 5) is 25.7. The fourth-order valence-electron chi connectivity index (χ4n) is 1.61. The van der Waals surface area contributed by atoms with Gasteiger partial charge < -0.3 is 9.15 Å². The number of thioether (sulfide) groups is 1. The average Bonchev–Trinajstić information content (AvgIpc) is 3.03. The van der Waals surface area contributed by atoms with Gasteiger partial charge in [-0.2, -0.15) is 0 Å². The highest BCUT2D eigenvalue weighted by Gasteiger charge is 2.34. The van der Waals surface area contributed by atoms with E-state index in [1.54, 1.807) is 25.1 Å². The second-order valence-electron chi connectivity index (χ2n) is 4.49. The first-order chi connectivity index (χ1) is 10.0. The van der Waals surface area contributed by atoms with Crippen molar-refractivity contribution in [3.63, 3.8) is 0 Å². The van der Waals surface area contributed by atoms with Crippen molar-refractivity contribution < 1.29 is 18.7 Å². The lowest BCUT2D eigenvalue weighted by Crippen LogP contribution is -2.35. The third-order valence-corrected chi connectivity index (χ3v) is 4.26. The summed E-state index contributed by atoms with van der Waals surface area (Å²) in [5.41, 5.74) is 0. The third-order valence-electron chi connectivity index (χ3n) is 2.88. The van der Waals surface area contributed by atoms with Crippen LogP contribution in [0.2, 0.25) is 0 Å². The molecule has 1 fully saturated rings. The van der Waals surface area contributed by atoms with Crippen LogP contribution < -0.4 is 0 Å². The fourth-order valence-corrected chi connectivity index (χ4v) is 2.85. The molecule has 0 bridgehead atoms. The molecular weight excluding hydrogens is 310 g/mol. The lowest BCUT2D eigenvalue weighted by atomic mass is 10.3. The topological polar surface area (TPSA) is 59.8 Å². The van der Waals surface area contributed by atoms with Crippen molar-refractivity contribution in [1.82, 2.24) is 4.90 Å². The minimum atomic E-state index is -0.458. The monoisotopic (exact) mass is 325 g/mol. The summed E-state index contributed by atoms with van der Waals surface area (Å²) >= 11 is 6.29. The zero-order valence-corrected chi connectivity index (χ0v) is 13.3. The van der Waals surface area contributed by atoms with E-state index in [0.29, 0.717) is 15.0 Å². The molecule has 2 heterocycles. The highest BCUT2D eigenvalue weighted by Crippen LogP contribution is 2.32. The van der Waals surface area contributed by atoms with Crippen LogP contribution in [0.25, 0.3) is 6.08 Å². The van der Waals surface area contributed by atoms with Gasteiger partial charge in [-0.15, -0.1) is 0 Å².